The van der Waals surface area contributed by atoms with E-state index in [1.54, 1.807) is 7.11 Å². The van der Waals surface area contributed by atoms with Crippen LogP contribution < -0.4 is 5.32 Å². The maximum atomic E-state index is 5.16. The first-order valence-electron chi connectivity index (χ1n) is 6.89. The summed E-state index contributed by atoms with van der Waals surface area (Å²) < 4.78 is 5.16. The third kappa shape index (κ3) is 4.79. The molecule has 1 rings (SSSR count). The van der Waals surface area contributed by atoms with Gasteiger partial charge in [-0.15, -0.1) is 0 Å². The summed E-state index contributed by atoms with van der Waals surface area (Å²) >= 11 is 0. The minimum absolute atomic E-state index is 0.569. The lowest BCUT2D eigenvalue weighted by Crippen LogP contribution is -2.33. The fourth-order valence-electron chi connectivity index (χ4n) is 2.42. The molecule has 0 heterocycles. The normalized spacial score (nSPS) is 14.4. The van der Waals surface area contributed by atoms with Crippen molar-refractivity contribution in [3.63, 3.8) is 0 Å². The molecule has 0 saturated carbocycles. The topological polar surface area (TPSA) is 21.3 Å². The van der Waals surface area contributed by atoms with Gasteiger partial charge in [-0.3, -0.25) is 0 Å². The Morgan fingerprint density at radius 2 is 1.94 bits per heavy atom. The zero-order chi connectivity index (χ0) is 13.4. The van der Waals surface area contributed by atoms with Crippen LogP contribution in [0.2, 0.25) is 0 Å². The summed E-state index contributed by atoms with van der Waals surface area (Å²) in [4.78, 5) is 0. The number of benzene rings is 1. The van der Waals surface area contributed by atoms with Gasteiger partial charge in [0.25, 0.3) is 0 Å². The Hall–Kier alpha value is -0.860. The number of aryl methyl sites for hydroxylation is 2. The van der Waals surface area contributed by atoms with Crippen LogP contribution in [0.3, 0.4) is 0 Å². The summed E-state index contributed by atoms with van der Waals surface area (Å²) in [6.07, 6.45) is 3.46. The van der Waals surface area contributed by atoms with E-state index < -0.39 is 0 Å². The number of methoxy groups -OCH3 is 1. The standard InChI is InChI=1S/C16H27NO/c1-13-7-5-6-8-15(13)9-10-16(17-3)14(2)11-12-18-4/h5-8,14,16-17H,9-12H2,1-4H3. The minimum atomic E-state index is 0.569. The third-order valence-electron chi connectivity index (χ3n) is 3.82. The van der Waals surface area contributed by atoms with Crippen LogP contribution in [0.1, 0.15) is 30.9 Å². The Labute approximate surface area is 112 Å². The Balaban J connectivity index is 2.46. The van der Waals surface area contributed by atoms with Gasteiger partial charge in [0.1, 0.15) is 0 Å². The van der Waals surface area contributed by atoms with Crippen molar-refractivity contribution < 1.29 is 4.74 Å². The Kier molecular flexibility index (Phi) is 6.99. The maximum absolute atomic E-state index is 5.16. The van der Waals surface area contributed by atoms with E-state index in [1.165, 1.54) is 17.5 Å². The molecule has 2 unspecified atom stereocenters. The van der Waals surface area contributed by atoms with E-state index in [0.29, 0.717) is 12.0 Å². The molecule has 0 bridgehead atoms. The molecule has 0 spiro atoms. The summed E-state index contributed by atoms with van der Waals surface area (Å²) in [5.74, 6) is 0.652. The van der Waals surface area contributed by atoms with Crippen molar-refractivity contribution in [2.75, 3.05) is 20.8 Å². The molecule has 2 nitrogen and oxygen atoms in total. The van der Waals surface area contributed by atoms with E-state index in [9.17, 15) is 0 Å². The lowest BCUT2D eigenvalue weighted by molar-refractivity contribution is 0.170. The van der Waals surface area contributed by atoms with Crippen molar-refractivity contribution >= 4 is 0 Å². The van der Waals surface area contributed by atoms with Crippen molar-refractivity contribution in [3.05, 3.63) is 35.4 Å². The quantitative estimate of drug-likeness (QED) is 0.764. The van der Waals surface area contributed by atoms with Crippen LogP contribution in [-0.2, 0) is 11.2 Å². The summed E-state index contributed by atoms with van der Waals surface area (Å²) in [5.41, 5.74) is 2.87. The van der Waals surface area contributed by atoms with Gasteiger partial charge in [0.15, 0.2) is 0 Å². The molecule has 0 radical (unpaired) electrons. The second-order valence-corrected chi connectivity index (χ2v) is 5.12. The Morgan fingerprint density at radius 3 is 2.56 bits per heavy atom. The molecule has 0 aliphatic rings. The predicted octanol–water partition coefficient (Wildman–Crippen LogP) is 3.19. The number of rotatable bonds is 8. The third-order valence-corrected chi connectivity index (χ3v) is 3.82. The van der Waals surface area contributed by atoms with Gasteiger partial charge in [-0.05, 0) is 50.3 Å². The maximum Gasteiger partial charge on any atom is 0.0465 e. The molecule has 0 fully saturated rings. The Bertz CT molecular complexity index is 338. The number of hydrogen-bond donors (Lipinski definition) is 1. The number of nitrogens with one attached hydrogen (secondary N) is 1. The van der Waals surface area contributed by atoms with Gasteiger partial charge in [0.05, 0.1) is 0 Å². The molecule has 1 aromatic rings. The van der Waals surface area contributed by atoms with Gasteiger partial charge in [0.2, 0.25) is 0 Å². The van der Waals surface area contributed by atoms with E-state index in [4.69, 9.17) is 4.74 Å². The molecule has 0 aliphatic heterocycles. The monoisotopic (exact) mass is 249 g/mol. The van der Waals surface area contributed by atoms with Crippen molar-refractivity contribution in [3.8, 4) is 0 Å². The highest BCUT2D eigenvalue weighted by atomic mass is 16.5. The predicted molar refractivity (Wildman–Crippen MR) is 78.0 cm³/mol. The molecule has 1 aromatic carbocycles. The zero-order valence-corrected chi connectivity index (χ0v) is 12.2. The average molecular weight is 249 g/mol. The second kappa shape index (κ2) is 8.28. The van der Waals surface area contributed by atoms with E-state index in [-0.39, 0.29) is 0 Å². The fourth-order valence-corrected chi connectivity index (χ4v) is 2.42. The molecule has 0 saturated heterocycles. The van der Waals surface area contributed by atoms with Gasteiger partial charge in [0, 0.05) is 19.8 Å². The number of ether oxygens (including phenoxy) is 1. The van der Waals surface area contributed by atoms with Crippen LogP contribution in [0, 0.1) is 12.8 Å². The molecule has 18 heavy (non-hydrogen) atoms. The lowest BCUT2D eigenvalue weighted by Gasteiger charge is -2.23. The van der Waals surface area contributed by atoms with E-state index >= 15 is 0 Å². The van der Waals surface area contributed by atoms with E-state index in [2.05, 4.69) is 50.5 Å². The van der Waals surface area contributed by atoms with Crippen LogP contribution in [0.5, 0.6) is 0 Å². The van der Waals surface area contributed by atoms with Crippen LogP contribution in [-0.4, -0.2) is 26.8 Å². The highest BCUT2D eigenvalue weighted by molar-refractivity contribution is 5.25. The van der Waals surface area contributed by atoms with Crippen LogP contribution in [0.15, 0.2) is 24.3 Å². The van der Waals surface area contributed by atoms with Crippen LogP contribution in [0.25, 0.3) is 0 Å². The van der Waals surface area contributed by atoms with Crippen LogP contribution >= 0.6 is 0 Å². The van der Waals surface area contributed by atoms with E-state index in [0.717, 1.165) is 19.4 Å². The van der Waals surface area contributed by atoms with Crippen molar-refractivity contribution in [2.45, 2.75) is 39.2 Å². The largest absolute Gasteiger partial charge is 0.385 e. The van der Waals surface area contributed by atoms with Gasteiger partial charge >= 0.3 is 0 Å². The zero-order valence-electron chi connectivity index (χ0n) is 12.2. The molecule has 2 atom stereocenters. The lowest BCUT2D eigenvalue weighted by atomic mass is 9.92. The molecule has 2 heteroatoms. The van der Waals surface area contributed by atoms with Crippen molar-refractivity contribution in [1.82, 2.24) is 5.32 Å². The smallest absolute Gasteiger partial charge is 0.0465 e. The Morgan fingerprint density at radius 1 is 1.22 bits per heavy atom. The fraction of sp³-hybridized carbons (Fsp3) is 0.625. The molecular weight excluding hydrogens is 222 g/mol. The summed E-state index contributed by atoms with van der Waals surface area (Å²) in [5, 5.41) is 3.44. The first-order valence-corrected chi connectivity index (χ1v) is 6.89. The molecular formula is C16H27NO. The molecule has 1 N–H and O–H groups in total. The molecule has 0 aliphatic carbocycles. The van der Waals surface area contributed by atoms with Gasteiger partial charge < -0.3 is 10.1 Å². The summed E-state index contributed by atoms with van der Waals surface area (Å²) in [7, 11) is 3.83. The van der Waals surface area contributed by atoms with Gasteiger partial charge in [-0.2, -0.15) is 0 Å². The van der Waals surface area contributed by atoms with E-state index in [1.807, 2.05) is 0 Å². The van der Waals surface area contributed by atoms with Crippen molar-refractivity contribution in [2.24, 2.45) is 5.92 Å². The minimum Gasteiger partial charge on any atom is -0.385 e. The first kappa shape index (κ1) is 15.2. The highest BCUT2D eigenvalue weighted by Gasteiger charge is 2.15. The SMILES string of the molecule is CNC(CCc1ccccc1C)C(C)CCOC. The summed E-state index contributed by atoms with van der Waals surface area (Å²) in [6.45, 7) is 5.35. The van der Waals surface area contributed by atoms with Gasteiger partial charge in [-0.25, -0.2) is 0 Å². The molecule has 102 valence electrons. The average Bonchev–Trinajstić information content (AvgIpc) is 2.39. The summed E-state index contributed by atoms with van der Waals surface area (Å²) in [6, 6.07) is 9.24. The van der Waals surface area contributed by atoms with Crippen molar-refractivity contribution in [1.29, 1.82) is 0 Å². The highest BCUT2D eigenvalue weighted by Crippen LogP contribution is 2.16. The van der Waals surface area contributed by atoms with Crippen LogP contribution in [0.4, 0.5) is 0 Å². The molecule has 0 aromatic heterocycles. The second-order valence-electron chi connectivity index (χ2n) is 5.12. The molecule has 0 amide bonds. The number of hydrogen-bond acceptors (Lipinski definition) is 2. The first-order chi connectivity index (χ1) is 8.69. The van der Waals surface area contributed by atoms with Gasteiger partial charge in [-0.1, -0.05) is 31.2 Å².